The van der Waals surface area contributed by atoms with Crippen molar-refractivity contribution in [2.45, 2.75) is 12.7 Å². The van der Waals surface area contributed by atoms with Gasteiger partial charge in [-0.2, -0.15) is 18.3 Å². The summed E-state index contributed by atoms with van der Waals surface area (Å²) in [6.07, 6.45) is -3.05. The fourth-order valence-electron chi connectivity index (χ4n) is 0.879. The van der Waals surface area contributed by atoms with E-state index in [9.17, 15) is 18.0 Å². The van der Waals surface area contributed by atoms with Crippen molar-refractivity contribution in [1.82, 2.24) is 25.8 Å². The average molecular weight is 237 g/mol. The number of carbonyl (C=O) groups is 1. The molecule has 90 valence electrons. The van der Waals surface area contributed by atoms with Crippen LogP contribution in [0.5, 0.6) is 0 Å². The van der Waals surface area contributed by atoms with Crippen molar-refractivity contribution in [2.75, 3.05) is 13.1 Å². The first-order valence-electron chi connectivity index (χ1n) is 4.36. The fraction of sp³-hybridized carbons (Fsp3) is 0.571. The van der Waals surface area contributed by atoms with Crippen molar-refractivity contribution in [3.8, 4) is 0 Å². The number of rotatable bonds is 5. The van der Waals surface area contributed by atoms with Crippen LogP contribution in [0.3, 0.4) is 0 Å². The molecule has 0 aliphatic carbocycles. The lowest BCUT2D eigenvalue weighted by Crippen LogP contribution is -2.38. The number of hydrogen-bond donors (Lipinski definition) is 3. The van der Waals surface area contributed by atoms with E-state index in [1.165, 1.54) is 6.33 Å². The molecule has 0 atom stereocenters. The molecule has 0 radical (unpaired) electrons. The minimum Gasteiger partial charge on any atom is -0.348 e. The number of halogens is 3. The van der Waals surface area contributed by atoms with E-state index >= 15 is 0 Å². The predicted octanol–water partition coefficient (Wildman–Crippen LogP) is -0.427. The molecule has 9 heteroatoms. The number of amides is 1. The lowest BCUT2D eigenvalue weighted by molar-refractivity contribution is -0.128. The standard InChI is InChI=1S/C7H10F3N5O/c8-7(9,10)3-11-2-6(16)12-1-5-13-4-14-15-5/h4,11H,1-3H2,(H,12,16)(H,13,14,15). The molecule has 0 fully saturated rings. The zero-order chi connectivity index (χ0) is 12.0. The summed E-state index contributed by atoms with van der Waals surface area (Å²) >= 11 is 0. The van der Waals surface area contributed by atoms with Crippen LogP contribution in [0.1, 0.15) is 5.82 Å². The molecule has 1 aromatic heterocycles. The van der Waals surface area contributed by atoms with Gasteiger partial charge < -0.3 is 10.6 Å². The van der Waals surface area contributed by atoms with E-state index in [-0.39, 0.29) is 6.54 Å². The molecule has 0 saturated heterocycles. The van der Waals surface area contributed by atoms with Gasteiger partial charge in [0.25, 0.3) is 0 Å². The van der Waals surface area contributed by atoms with Crippen molar-refractivity contribution < 1.29 is 18.0 Å². The van der Waals surface area contributed by atoms with Gasteiger partial charge in [0, 0.05) is 0 Å². The number of alkyl halides is 3. The van der Waals surface area contributed by atoms with Crippen LogP contribution in [0.15, 0.2) is 6.33 Å². The van der Waals surface area contributed by atoms with E-state index in [1.54, 1.807) is 0 Å². The van der Waals surface area contributed by atoms with E-state index in [4.69, 9.17) is 0 Å². The number of aromatic nitrogens is 3. The molecule has 0 spiro atoms. The topological polar surface area (TPSA) is 82.7 Å². The molecule has 0 saturated carbocycles. The normalized spacial score (nSPS) is 11.4. The Hall–Kier alpha value is -1.64. The van der Waals surface area contributed by atoms with Crippen LogP contribution in [0.2, 0.25) is 0 Å². The molecule has 0 unspecified atom stereocenters. The second kappa shape index (κ2) is 5.45. The van der Waals surface area contributed by atoms with Gasteiger partial charge in [-0.1, -0.05) is 0 Å². The van der Waals surface area contributed by atoms with Gasteiger partial charge in [0.05, 0.1) is 19.6 Å². The third-order valence-electron chi connectivity index (χ3n) is 1.53. The summed E-state index contributed by atoms with van der Waals surface area (Å²) in [6, 6.07) is 0. The molecule has 0 bridgehead atoms. The van der Waals surface area contributed by atoms with Gasteiger partial charge in [-0.25, -0.2) is 4.98 Å². The molecule has 1 amide bonds. The number of nitrogens with one attached hydrogen (secondary N) is 3. The zero-order valence-corrected chi connectivity index (χ0v) is 8.14. The van der Waals surface area contributed by atoms with Crippen LogP contribution in [0, 0.1) is 0 Å². The third kappa shape index (κ3) is 5.29. The summed E-state index contributed by atoms with van der Waals surface area (Å²) in [5.74, 6) is -0.107. The Labute approximate surface area is 88.6 Å². The molecule has 1 heterocycles. The first-order chi connectivity index (χ1) is 7.47. The molecular formula is C7H10F3N5O. The van der Waals surface area contributed by atoms with Crippen molar-refractivity contribution in [1.29, 1.82) is 0 Å². The van der Waals surface area contributed by atoms with Crippen LogP contribution >= 0.6 is 0 Å². The molecule has 6 nitrogen and oxygen atoms in total. The Morgan fingerprint density at radius 1 is 1.50 bits per heavy atom. The maximum Gasteiger partial charge on any atom is 0.401 e. The van der Waals surface area contributed by atoms with Crippen LogP contribution < -0.4 is 10.6 Å². The van der Waals surface area contributed by atoms with Crippen molar-refractivity contribution in [3.63, 3.8) is 0 Å². The quantitative estimate of drug-likeness (QED) is 0.649. The number of carbonyl (C=O) groups excluding carboxylic acids is 1. The highest BCUT2D eigenvalue weighted by Crippen LogP contribution is 2.11. The first kappa shape index (κ1) is 12.4. The Balaban J connectivity index is 2.12. The summed E-state index contributed by atoms with van der Waals surface area (Å²) in [7, 11) is 0. The smallest absolute Gasteiger partial charge is 0.348 e. The molecule has 1 aromatic rings. The SMILES string of the molecule is O=C(CNCC(F)(F)F)NCc1ncn[nH]1. The monoisotopic (exact) mass is 237 g/mol. The summed E-state index contributed by atoms with van der Waals surface area (Å²) in [5, 5.41) is 10.4. The lowest BCUT2D eigenvalue weighted by Gasteiger charge is -2.07. The summed E-state index contributed by atoms with van der Waals surface area (Å²) in [4.78, 5) is 14.7. The third-order valence-corrected chi connectivity index (χ3v) is 1.53. The van der Waals surface area contributed by atoms with Gasteiger partial charge in [0.2, 0.25) is 5.91 Å². The highest BCUT2D eigenvalue weighted by molar-refractivity contribution is 5.77. The van der Waals surface area contributed by atoms with Gasteiger partial charge >= 0.3 is 6.18 Å². The molecule has 16 heavy (non-hydrogen) atoms. The molecule has 1 rings (SSSR count). The Morgan fingerprint density at radius 2 is 2.25 bits per heavy atom. The first-order valence-corrected chi connectivity index (χ1v) is 4.36. The van der Waals surface area contributed by atoms with Gasteiger partial charge in [0.15, 0.2) is 0 Å². The second-order valence-corrected chi connectivity index (χ2v) is 2.93. The van der Waals surface area contributed by atoms with E-state index in [1.807, 2.05) is 5.32 Å². The molecule has 0 aromatic carbocycles. The second-order valence-electron chi connectivity index (χ2n) is 2.93. The Morgan fingerprint density at radius 3 is 2.81 bits per heavy atom. The van der Waals surface area contributed by atoms with Crippen molar-refractivity contribution in [2.24, 2.45) is 0 Å². The van der Waals surface area contributed by atoms with Crippen LogP contribution in [-0.2, 0) is 11.3 Å². The Bertz CT molecular complexity index is 323. The molecular weight excluding hydrogens is 227 g/mol. The summed E-state index contributed by atoms with van der Waals surface area (Å²) < 4.78 is 35.1. The summed E-state index contributed by atoms with van der Waals surface area (Å²) in [5.41, 5.74) is 0. The fourth-order valence-corrected chi connectivity index (χ4v) is 0.879. The predicted molar refractivity (Wildman–Crippen MR) is 47.2 cm³/mol. The largest absolute Gasteiger partial charge is 0.401 e. The minimum atomic E-state index is -4.31. The van der Waals surface area contributed by atoms with Gasteiger partial charge in [0.1, 0.15) is 12.2 Å². The maximum atomic E-state index is 11.7. The molecule has 0 aliphatic heterocycles. The van der Waals surface area contributed by atoms with Crippen LogP contribution in [0.25, 0.3) is 0 Å². The summed E-state index contributed by atoms with van der Waals surface area (Å²) in [6.45, 7) is -1.48. The number of hydrogen-bond acceptors (Lipinski definition) is 4. The number of nitrogens with zero attached hydrogens (tertiary/aromatic N) is 2. The van der Waals surface area contributed by atoms with Gasteiger partial charge in [-0.05, 0) is 0 Å². The highest BCUT2D eigenvalue weighted by Gasteiger charge is 2.26. The zero-order valence-electron chi connectivity index (χ0n) is 8.14. The van der Waals surface area contributed by atoms with E-state index in [0.717, 1.165) is 0 Å². The van der Waals surface area contributed by atoms with Crippen LogP contribution in [-0.4, -0.2) is 40.4 Å². The van der Waals surface area contributed by atoms with Gasteiger partial charge in [-0.15, -0.1) is 0 Å². The lowest BCUT2D eigenvalue weighted by atomic mass is 10.5. The van der Waals surface area contributed by atoms with Gasteiger partial charge in [-0.3, -0.25) is 9.89 Å². The number of aromatic amines is 1. The van der Waals surface area contributed by atoms with Crippen molar-refractivity contribution >= 4 is 5.91 Å². The minimum absolute atomic E-state index is 0.104. The molecule has 0 aliphatic rings. The van der Waals surface area contributed by atoms with E-state index < -0.39 is 25.2 Å². The Kier molecular flexibility index (Phi) is 4.23. The van der Waals surface area contributed by atoms with E-state index in [0.29, 0.717) is 5.82 Å². The van der Waals surface area contributed by atoms with Crippen LogP contribution in [0.4, 0.5) is 13.2 Å². The number of H-pyrrole nitrogens is 1. The van der Waals surface area contributed by atoms with Crippen molar-refractivity contribution in [3.05, 3.63) is 12.2 Å². The maximum absolute atomic E-state index is 11.7. The molecule has 3 N–H and O–H groups in total. The van der Waals surface area contributed by atoms with E-state index in [2.05, 4.69) is 20.5 Å². The average Bonchev–Trinajstić information content (AvgIpc) is 2.65. The highest BCUT2D eigenvalue weighted by atomic mass is 19.4.